The normalized spacial score (nSPS) is 25.9. The molecule has 22 heavy (non-hydrogen) atoms. The first-order chi connectivity index (χ1) is 10.4. The van der Waals surface area contributed by atoms with Crippen LogP contribution in [0, 0.1) is 0 Å². The van der Waals surface area contributed by atoms with Crippen molar-refractivity contribution in [3.63, 3.8) is 0 Å². The number of carbonyl (C=O) groups is 1. The first kappa shape index (κ1) is 18.8. The van der Waals surface area contributed by atoms with Crippen LogP contribution in [-0.2, 0) is 8.87 Å². The second-order valence-corrected chi connectivity index (χ2v) is 12.3. The van der Waals surface area contributed by atoms with Crippen molar-refractivity contribution in [1.29, 1.82) is 0 Å². The van der Waals surface area contributed by atoms with Gasteiger partial charge in [-0.1, -0.05) is 53.3 Å². The fourth-order valence-electron chi connectivity index (χ4n) is 2.06. The van der Waals surface area contributed by atoms with Gasteiger partial charge in [-0.3, -0.25) is 4.79 Å². The predicted octanol–water partition coefficient (Wildman–Crippen LogP) is 6.00. The van der Waals surface area contributed by atoms with Crippen molar-refractivity contribution in [3.8, 4) is 0 Å². The highest BCUT2D eigenvalue weighted by Gasteiger charge is 2.38. The molecular weight excluding hydrogens is 416 g/mol. The van der Waals surface area contributed by atoms with Gasteiger partial charge in [-0.25, -0.2) is 0 Å². The Bertz CT molecular complexity index is 533. The van der Waals surface area contributed by atoms with E-state index in [1.165, 1.54) is 23.4 Å². The van der Waals surface area contributed by atoms with Gasteiger partial charge in [-0.05, 0) is 30.7 Å². The molecular formula is C16H19BrOS4. The van der Waals surface area contributed by atoms with Crippen molar-refractivity contribution in [2.45, 2.75) is 27.8 Å². The van der Waals surface area contributed by atoms with E-state index in [4.69, 9.17) is 0 Å². The molecule has 120 valence electrons. The maximum Gasteiger partial charge on any atom is 0.211 e. The minimum atomic E-state index is 0.0706. The van der Waals surface area contributed by atoms with Gasteiger partial charge in [0, 0.05) is 21.2 Å². The molecule has 0 spiro atoms. The van der Waals surface area contributed by atoms with E-state index in [1.54, 1.807) is 0 Å². The summed E-state index contributed by atoms with van der Waals surface area (Å²) in [4.78, 5) is 11.4. The molecule has 0 aliphatic carbocycles. The van der Waals surface area contributed by atoms with Crippen LogP contribution in [0.1, 0.15) is 19.4 Å². The first-order valence-corrected chi connectivity index (χ1v) is 11.5. The predicted molar refractivity (Wildman–Crippen MR) is 110 cm³/mol. The smallest absolute Gasteiger partial charge is 0.211 e. The van der Waals surface area contributed by atoms with E-state index in [9.17, 15) is 4.79 Å². The average molecular weight is 435 g/mol. The van der Waals surface area contributed by atoms with Crippen molar-refractivity contribution in [1.82, 2.24) is 0 Å². The number of halogens is 1. The van der Waals surface area contributed by atoms with Crippen LogP contribution < -0.4 is 0 Å². The average Bonchev–Trinajstić information content (AvgIpc) is 2.88. The van der Waals surface area contributed by atoms with E-state index >= 15 is 0 Å². The highest BCUT2D eigenvalue weighted by molar-refractivity contribution is 9.10. The molecule has 0 aromatic heterocycles. The van der Waals surface area contributed by atoms with Gasteiger partial charge in [0.1, 0.15) is 0 Å². The van der Waals surface area contributed by atoms with Crippen LogP contribution in [-0.4, -0.2) is 26.5 Å². The fourth-order valence-corrected chi connectivity index (χ4v) is 8.49. The van der Waals surface area contributed by atoms with Crippen LogP contribution in [0.2, 0.25) is 0 Å². The lowest BCUT2D eigenvalue weighted by atomic mass is 10.2. The largest absolute Gasteiger partial charge is 0.282 e. The van der Waals surface area contributed by atoms with Crippen molar-refractivity contribution in [3.05, 3.63) is 47.0 Å². The van der Waals surface area contributed by atoms with Crippen LogP contribution in [0.25, 0.3) is 0 Å². The molecule has 3 atom stereocenters. The first-order valence-electron chi connectivity index (χ1n) is 6.95. The SMILES string of the molecule is C=CC(=O)SC(C)CSC1CSC(C)(c2ccc(Br)cc2)S1. The minimum Gasteiger partial charge on any atom is -0.282 e. The van der Waals surface area contributed by atoms with E-state index < -0.39 is 0 Å². The van der Waals surface area contributed by atoms with Crippen molar-refractivity contribution >= 4 is 68.1 Å². The quantitative estimate of drug-likeness (QED) is 0.509. The molecule has 3 unspecified atom stereocenters. The molecule has 0 N–H and O–H groups in total. The molecule has 1 aliphatic rings. The number of benzene rings is 1. The van der Waals surface area contributed by atoms with E-state index in [0.29, 0.717) is 9.83 Å². The lowest BCUT2D eigenvalue weighted by Crippen LogP contribution is -2.10. The van der Waals surface area contributed by atoms with Crippen LogP contribution in [0.15, 0.2) is 41.4 Å². The molecule has 1 nitrogen and oxygen atoms in total. The zero-order chi connectivity index (χ0) is 16.2. The Kier molecular flexibility index (Phi) is 7.33. The Morgan fingerprint density at radius 2 is 2.23 bits per heavy atom. The van der Waals surface area contributed by atoms with Gasteiger partial charge in [0.2, 0.25) is 5.12 Å². The Morgan fingerprint density at radius 1 is 1.55 bits per heavy atom. The Hall–Kier alpha value is 0.510. The van der Waals surface area contributed by atoms with E-state index in [1.807, 2.05) is 35.3 Å². The van der Waals surface area contributed by atoms with Gasteiger partial charge in [0.15, 0.2) is 0 Å². The summed E-state index contributed by atoms with van der Waals surface area (Å²) in [5.41, 5.74) is 1.37. The van der Waals surface area contributed by atoms with Gasteiger partial charge in [-0.2, -0.15) is 0 Å². The molecule has 6 heteroatoms. The molecule has 0 amide bonds. The van der Waals surface area contributed by atoms with E-state index in [2.05, 4.69) is 60.6 Å². The molecule has 1 aromatic carbocycles. The minimum absolute atomic E-state index is 0.0706. The van der Waals surface area contributed by atoms with Crippen LogP contribution in [0.3, 0.4) is 0 Å². The van der Waals surface area contributed by atoms with Gasteiger partial charge in [0.25, 0.3) is 0 Å². The topological polar surface area (TPSA) is 17.1 Å². The van der Waals surface area contributed by atoms with Crippen LogP contribution in [0.5, 0.6) is 0 Å². The number of thioether (sulfide) groups is 4. The lowest BCUT2D eigenvalue weighted by molar-refractivity contribution is -0.107. The van der Waals surface area contributed by atoms with Gasteiger partial charge >= 0.3 is 0 Å². The van der Waals surface area contributed by atoms with Crippen molar-refractivity contribution in [2.75, 3.05) is 11.5 Å². The number of rotatable bonds is 6. The standard InChI is InChI=1S/C16H19BrOS4/c1-4-14(18)21-11(2)9-19-15-10-20-16(3,22-15)12-5-7-13(17)8-6-12/h4-8,11,15H,1,9-10H2,2-3H3. The summed E-state index contributed by atoms with van der Waals surface area (Å²) in [5.74, 6) is 2.15. The maximum absolute atomic E-state index is 11.4. The molecule has 1 aliphatic heterocycles. The third kappa shape index (κ3) is 5.26. The molecule has 1 saturated heterocycles. The summed E-state index contributed by atoms with van der Waals surface area (Å²) in [7, 11) is 0. The van der Waals surface area contributed by atoms with Crippen molar-refractivity contribution in [2.24, 2.45) is 0 Å². The Balaban J connectivity index is 1.85. The number of hydrogen-bond donors (Lipinski definition) is 0. The van der Waals surface area contributed by atoms with Crippen LogP contribution in [0.4, 0.5) is 0 Å². The number of hydrogen-bond acceptors (Lipinski definition) is 5. The molecule has 0 saturated carbocycles. The summed E-state index contributed by atoms with van der Waals surface area (Å²) in [5, 5.41) is 0.405. The maximum atomic E-state index is 11.4. The third-order valence-electron chi connectivity index (χ3n) is 3.22. The monoisotopic (exact) mass is 434 g/mol. The van der Waals surface area contributed by atoms with Gasteiger partial charge in [0.05, 0.1) is 8.66 Å². The second kappa shape index (κ2) is 8.56. The summed E-state index contributed by atoms with van der Waals surface area (Å²) < 4.78 is 1.84. The summed E-state index contributed by atoms with van der Waals surface area (Å²) in [6.07, 6.45) is 1.40. The fraction of sp³-hybridized carbons (Fsp3) is 0.438. The van der Waals surface area contributed by atoms with Gasteiger partial charge in [-0.15, -0.1) is 35.3 Å². The molecule has 1 aromatic rings. The summed E-state index contributed by atoms with van der Waals surface area (Å²) >= 11 is 10.9. The molecule has 2 rings (SSSR count). The second-order valence-electron chi connectivity index (χ2n) is 5.10. The van der Waals surface area contributed by atoms with E-state index in [0.717, 1.165) is 16.0 Å². The lowest BCUT2D eigenvalue weighted by Gasteiger charge is -2.23. The Labute approximate surface area is 158 Å². The van der Waals surface area contributed by atoms with Crippen molar-refractivity contribution < 1.29 is 4.79 Å². The zero-order valence-corrected chi connectivity index (χ0v) is 17.4. The molecule has 1 heterocycles. The zero-order valence-electron chi connectivity index (χ0n) is 12.6. The Morgan fingerprint density at radius 3 is 2.86 bits per heavy atom. The highest BCUT2D eigenvalue weighted by Crippen LogP contribution is 2.57. The number of carbonyl (C=O) groups excluding carboxylic acids is 1. The van der Waals surface area contributed by atoms with Gasteiger partial charge < -0.3 is 0 Å². The molecule has 1 fully saturated rings. The van der Waals surface area contributed by atoms with E-state index in [-0.39, 0.29) is 9.19 Å². The molecule has 0 radical (unpaired) electrons. The van der Waals surface area contributed by atoms with Crippen LogP contribution >= 0.6 is 63.0 Å². The highest BCUT2D eigenvalue weighted by atomic mass is 79.9. The third-order valence-corrected chi connectivity index (χ3v) is 10.3. The summed E-state index contributed by atoms with van der Waals surface area (Å²) in [6.45, 7) is 7.94. The molecule has 0 bridgehead atoms. The summed E-state index contributed by atoms with van der Waals surface area (Å²) in [6, 6.07) is 8.64.